The Bertz CT molecular complexity index is 1060. The van der Waals surface area contributed by atoms with Crippen LogP contribution in [0.15, 0.2) is 59.8 Å². The Hall–Kier alpha value is -3.64. The Morgan fingerprint density at radius 3 is 2.57 bits per heavy atom. The number of carbonyl (C=O) groups excluding carboxylic acids is 2. The van der Waals surface area contributed by atoms with Gasteiger partial charge >= 0.3 is 5.97 Å². The first-order chi connectivity index (χ1) is 14.6. The lowest BCUT2D eigenvalue weighted by molar-refractivity contribution is -0.145. The summed E-state index contributed by atoms with van der Waals surface area (Å²) in [6.07, 6.45) is 5.05. The molecule has 152 valence electrons. The summed E-state index contributed by atoms with van der Waals surface area (Å²) in [7, 11) is 0. The Balaban J connectivity index is 1.75. The summed E-state index contributed by atoms with van der Waals surface area (Å²) in [4.78, 5) is 23.5. The average molecular weight is 424 g/mol. The number of thioether (sulfide) groups is 1. The maximum Gasteiger partial charge on any atom is 0.316 e. The van der Waals surface area contributed by atoms with E-state index >= 15 is 0 Å². The third kappa shape index (κ3) is 5.46. The van der Waals surface area contributed by atoms with E-state index in [9.17, 15) is 14.0 Å². The molecule has 7 nitrogen and oxygen atoms in total. The molecule has 0 saturated carbocycles. The van der Waals surface area contributed by atoms with Crippen LogP contribution in [0.5, 0.6) is 0 Å². The summed E-state index contributed by atoms with van der Waals surface area (Å²) < 4.78 is 20.0. The Kier molecular flexibility index (Phi) is 7.19. The molecule has 0 unspecified atom stereocenters. The molecular formula is C21H17FN4O3S. The first-order valence-electron chi connectivity index (χ1n) is 8.84. The van der Waals surface area contributed by atoms with Gasteiger partial charge in [-0.25, -0.2) is 4.39 Å². The van der Waals surface area contributed by atoms with Gasteiger partial charge in [0.1, 0.15) is 5.82 Å². The van der Waals surface area contributed by atoms with E-state index in [1.54, 1.807) is 16.7 Å². The van der Waals surface area contributed by atoms with Crippen LogP contribution in [0.2, 0.25) is 0 Å². The molecule has 1 heterocycles. The minimum atomic E-state index is -0.582. The standard InChI is InChI=1S/C21H17FN4O3S/c1-2-12-23-18(27)13-29-19(28)14-30-21-25-24-20(15-8-10-16(22)11-9-15)26(21)17-6-4-3-5-7-17/h1,3-11H,12-14H2,(H,23,27). The largest absolute Gasteiger partial charge is 0.455 e. The van der Waals surface area contributed by atoms with Crippen molar-refractivity contribution in [2.45, 2.75) is 5.16 Å². The van der Waals surface area contributed by atoms with E-state index < -0.39 is 18.5 Å². The predicted molar refractivity (Wildman–Crippen MR) is 110 cm³/mol. The minimum Gasteiger partial charge on any atom is -0.455 e. The van der Waals surface area contributed by atoms with Gasteiger partial charge in [-0.1, -0.05) is 35.9 Å². The monoisotopic (exact) mass is 424 g/mol. The van der Waals surface area contributed by atoms with Crippen LogP contribution in [0.3, 0.4) is 0 Å². The fourth-order valence-electron chi connectivity index (χ4n) is 2.47. The van der Waals surface area contributed by atoms with E-state index in [0.29, 0.717) is 16.5 Å². The smallest absolute Gasteiger partial charge is 0.316 e. The lowest BCUT2D eigenvalue weighted by atomic mass is 10.2. The second-order valence-electron chi connectivity index (χ2n) is 5.91. The average Bonchev–Trinajstić information content (AvgIpc) is 3.19. The van der Waals surface area contributed by atoms with Crippen molar-refractivity contribution >= 4 is 23.6 Å². The molecule has 0 atom stereocenters. The van der Waals surface area contributed by atoms with Crippen molar-refractivity contribution in [1.82, 2.24) is 20.1 Å². The second-order valence-corrected chi connectivity index (χ2v) is 6.86. The molecule has 3 aromatic rings. The Morgan fingerprint density at radius 1 is 1.13 bits per heavy atom. The lowest BCUT2D eigenvalue weighted by Crippen LogP contribution is -2.29. The number of aromatic nitrogens is 3. The van der Waals surface area contributed by atoms with Gasteiger partial charge in [-0.05, 0) is 36.4 Å². The van der Waals surface area contributed by atoms with Gasteiger partial charge in [0.15, 0.2) is 17.6 Å². The third-order valence-corrected chi connectivity index (χ3v) is 4.72. The highest BCUT2D eigenvalue weighted by Crippen LogP contribution is 2.28. The highest BCUT2D eigenvalue weighted by atomic mass is 32.2. The van der Waals surface area contributed by atoms with Crippen molar-refractivity contribution in [2.75, 3.05) is 18.9 Å². The highest BCUT2D eigenvalue weighted by Gasteiger charge is 2.18. The normalized spacial score (nSPS) is 10.3. The summed E-state index contributed by atoms with van der Waals surface area (Å²) in [6, 6.07) is 15.2. The summed E-state index contributed by atoms with van der Waals surface area (Å²) in [6.45, 7) is -0.343. The van der Waals surface area contributed by atoms with Crippen LogP contribution in [-0.2, 0) is 14.3 Å². The predicted octanol–water partition coefficient (Wildman–Crippen LogP) is 2.46. The van der Waals surface area contributed by atoms with Gasteiger partial charge in [-0.3, -0.25) is 14.2 Å². The third-order valence-electron chi connectivity index (χ3n) is 3.82. The van der Waals surface area contributed by atoms with Gasteiger partial charge in [0.2, 0.25) is 0 Å². The highest BCUT2D eigenvalue weighted by molar-refractivity contribution is 7.99. The number of nitrogens with one attached hydrogen (secondary N) is 1. The number of benzene rings is 2. The summed E-state index contributed by atoms with van der Waals surface area (Å²) in [5.74, 6) is 1.28. The van der Waals surface area contributed by atoms with Crippen LogP contribution in [0.4, 0.5) is 4.39 Å². The molecule has 1 amide bonds. The first kappa shape index (κ1) is 21.1. The van der Waals surface area contributed by atoms with Gasteiger partial charge in [0.05, 0.1) is 12.3 Å². The van der Waals surface area contributed by atoms with E-state index in [2.05, 4.69) is 21.4 Å². The van der Waals surface area contributed by atoms with Gasteiger partial charge < -0.3 is 10.1 Å². The number of carbonyl (C=O) groups is 2. The maximum atomic E-state index is 13.3. The number of para-hydroxylation sites is 1. The topological polar surface area (TPSA) is 86.1 Å². The number of ether oxygens (including phenoxy) is 1. The van der Waals surface area contributed by atoms with Crippen molar-refractivity contribution in [3.05, 3.63) is 60.4 Å². The quantitative estimate of drug-likeness (QED) is 0.340. The Morgan fingerprint density at radius 2 is 1.87 bits per heavy atom. The van der Waals surface area contributed by atoms with Crippen LogP contribution in [0.25, 0.3) is 17.1 Å². The molecule has 2 aromatic carbocycles. The zero-order valence-corrected chi connectivity index (χ0v) is 16.6. The minimum absolute atomic E-state index is 0.0669. The van der Waals surface area contributed by atoms with Gasteiger partial charge in [0, 0.05) is 11.3 Å². The zero-order chi connectivity index (χ0) is 21.3. The lowest BCUT2D eigenvalue weighted by Gasteiger charge is -2.10. The zero-order valence-electron chi connectivity index (χ0n) is 15.7. The van der Waals surface area contributed by atoms with Crippen molar-refractivity contribution in [3.8, 4) is 29.4 Å². The van der Waals surface area contributed by atoms with E-state index in [1.807, 2.05) is 30.3 Å². The number of hydrogen-bond acceptors (Lipinski definition) is 6. The number of hydrogen-bond donors (Lipinski definition) is 1. The van der Waals surface area contributed by atoms with Crippen molar-refractivity contribution in [3.63, 3.8) is 0 Å². The fourth-order valence-corrected chi connectivity index (χ4v) is 3.22. The Labute approximate surface area is 176 Å². The summed E-state index contributed by atoms with van der Waals surface area (Å²) >= 11 is 1.11. The van der Waals surface area contributed by atoms with Crippen LogP contribution >= 0.6 is 11.8 Å². The van der Waals surface area contributed by atoms with Gasteiger partial charge in [0.25, 0.3) is 5.91 Å². The van der Waals surface area contributed by atoms with Crippen molar-refractivity contribution in [2.24, 2.45) is 0 Å². The molecule has 0 aliphatic heterocycles. The van der Waals surface area contributed by atoms with Crippen LogP contribution in [0.1, 0.15) is 0 Å². The number of terminal acetylenes is 1. The van der Waals surface area contributed by atoms with E-state index in [-0.39, 0.29) is 18.1 Å². The van der Waals surface area contributed by atoms with Crippen LogP contribution in [-0.4, -0.2) is 45.5 Å². The maximum absolute atomic E-state index is 13.3. The molecule has 1 N–H and O–H groups in total. The number of esters is 1. The number of nitrogens with zero attached hydrogens (tertiary/aromatic N) is 3. The molecule has 0 spiro atoms. The van der Waals surface area contributed by atoms with E-state index in [0.717, 1.165) is 17.4 Å². The molecule has 3 rings (SSSR count). The molecule has 0 aliphatic carbocycles. The van der Waals surface area contributed by atoms with Gasteiger partial charge in [-0.2, -0.15) is 0 Å². The van der Waals surface area contributed by atoms with Crippen molar-refractivity contribution in [1.29, 1.82) is 0 Å². The number of amides is 1. The summed E-state index contributed by atoms with van der Waals surface area (Å²) in [5, 5.41) is 11.2. The second kappa shape index (κ2) is 10.2. The first-order valence-corrected chi connectivity index (χ1v) is 9.82. The molecule has 0 bridgehead atoms. The van der Waals surface area contributed by atoms with Gasteiger partial charge in [-0.15, -0.1) is 16.6 Å². The molecular weight excluding hydrogens is 407 g/mol. The van der Waals surface area contributed by atoms with Crippen LogP contribution < -0.4 is 5.32 Å². The molecule has 0 fully saturated rings. The molecule has 30 heavy (non-hydrogen) atoms. The van der Waals surface area contributed by atoms with E-state index in [1.165, 1.54) is 12.1 Å². The molecule has 1 aromatic heterocycles. The van der Waals surface area contributed by atoms with Crippen LogP contribution in [0, 0.1) is 18.2 Å². The molecule has 0 aliphatic rings. The van der Waals surface area contributed by atoms with E-state index in [4.69, 9.17) is 11.2 Å². The SMILES string of the molecule is C#CCNC(=O)COC(=O)CSc1nnc(-c2ccc(F)cc2)n1-c1ccccc1. The molecule has 0 saturated heterocycles. The number of rotatable bonds is 8. The fraction of sp³-hybridized carbons (Fsp3) is 0.143. The molecule has 9 heteroatoms. The van der Waals surface area contributed by atoms with Crippen molar-refractivity contribution < 1.29 is 18.7 Å². The number of halogens is 1. The summed E-state index contributed by atoms with van der Waals surface area (Å²) in [5.41, 5.74) is 1.46. The molecule has 0 radical (unpaired) electrons.